The molecule has 0 aromatic heterocycles. The first-order chi connectivity index (χ1) is 10.3. The quantitative estimate of drug-likeness (QED) is 0.843. The van der Waals surface area contributed by atoms with Crippen LogP contribution in [0.2, 0.25) is 5.02 Å². The molecule has 1 saturated carbocycles. The third-order valence-corrected chi connectivity index (χ3v) is 6.54. The molecule has 0 saturated heterocycles. The fourth-order valence-corrected chi connectivity index (χ4v) is 4.92. The van der Waals surface area contributed by atoms with Gasteiger partial charge in [0.1, 0.15) is 5.75 Å². The summed E-state index contributed by atoms with van der Waals surface area (Å²) in [6.07, 6.45) is 4.29. The summed E-state index contributed by atoms with van der Waals surface area (Å²) in [6.45, 7) is 2.12. The van der Waals surface area contributed by atoms with Crippen LogP contribution in [-0.4, -0.2) is 38.1 Å². The third-order valence-electron chi connectivity index (χ3n) is 4.44. The Labute approximate surface area is 137 Å². The van der Waals surface area contributed by atoms with Crippen molar-refractivity contribution in [3.05, 3.63) is 29.3 Å². The summed E-state index contributed by atoms with van der Waals surface area (Å²) in [5.74, 6) is -0.486. The van der Waals surface area contributed by atoms with Crippen molar-refractivity contribution in [1.82, 2.24) is 4.90 Å². The van der Waals surface area contributed by atoms with Gasteiger partial charge in [0.05, 0.1) is 9.92 Å². The minimum atomic E-state index is -3.71. The molecule has 4 nitrogen and oxygen atoms in total. The van der Waals surface area contributed by atoms with Crippen molar-refractivity contribution in [1.29, 1.82) is 0 Å². The van der Waals surface area contributed by atoms with Crippen LogP contribution in [0.25, 0.3) is 0 Å². The number of hydrogen-bond acceptors (Lipinski definition) is 3. The Bertz CT molecular complexity index is 645. The molecule has 1 amide bonds. The Morgan fingerprint density at radius 2 is 1.91 bits per heavy atom. The second-order valence-electron chi connectivity index (χ2n) is 6.02. The lowest BCUT2D eigenvalue weighted by atomic mass is 9.85. The highest BCUT2D eigenvalue weighted by molar-refractivity contribution is 7.92. The highest BCUT2D eigenvalue weighted by Gasteiger charge is 2.31. The molecule has 1 fully saturated rings. The van der Waals surface area contributed by atoms with Gasteiger partial charge in [-0.1, -0.05) is 43.5 Å². The number of hydrogen-bond donors (Lipinski definition) is 0. The van der Waals surface area contributed by atoms with E-state index in [0.717, 1.165) is 19.3 Å². The lowest BCUT2D eigenvalue weighted by molar-refractivity contribution is -0.130. The van der Waals surface area contributed by atoms with Gasteiger partial charge in [0.25, 0.3) is 0 Å². The molecule has 0 aliphatic heterocycles. The van der Waals surface area contributed by atoms with E-state index in [4.69, 9.17) is 11.6 Å². The van der Waals surface area contributed by atoms with Crippen LogP contribution >= 0.6 is 11.6 Å². The molecule has 2 unspecified atom stereocenters. The fraction of sp³-hybridized carbons (Fsp3) is 0.562. The third kappa shape index (κ3) is 3.82. The molecule has 22 heavy (non-hydrogen) atoms. The average molecular weight is 344 g/mol. The average Bonchev–Trinajstić information content (AvgIpc) is 2.46. The number of halogens is 1. The maximum absolute atomic E-state index is 12.4. The van der Waals surface area contributed by atoms with Crippen LogP contribution in [0.1, 0.15) is 32.6 Å². The molecule has 0 bridgehead atoms. The Balaban J connectivity index is 2.12. The van der Waals surface area contributed by atoms with Gasteiger partial charge in [0, 0.05) is 13.1 Å². The number of rotatable bonds is 4. The molecular formula is C16H22ClNO3S. The van der Waals surface area contributed by atoms with Crippen LogP contribution < -0.4 is 0 Å². The summed E-state index contributed by atoms with van der Waals surface area (Å²) in [6, 6.07) is 6.36. The van der Waals surface area contributed by atoms with Crippen LogP contribution in [0.3, 0.4) is 0 Å². The van der Waals surface area contributed by atoms with Gasteiger partial charge in [-0.25, -0.2) is 8.42 Å². The minimum Gasteiger partial charge on any atom is -0.342 e. The first kappa shape index (κ1) is 17.3. The molecular weight excluding hydrogens is 322 g/mol. The standard InChI is InChI=1S/C16H22ClNO3S/c1-12-7-3-5-9-14(12)18(2)16(19)11-22(20,21)15-10-6-4-8-13(15)17/h4,6,8,10,12,14H,3,5,7,9,11H2,1-2H3. The smallest absolute Gasteiger partial charge is 0.238 e. The molecule has 1 aromatic carbocycles. The lowest BCUT2D eigenvalue weighted by Gasteiger charge is -2.36. The molecule has 0 N–H and O–H groups in total. The van der Waals surface area contributed by atoms with E-state index in [1.54, 1.807) is 24.1 Å². The normalized spacial score (nSPS) is 22.3. The largest absolute Gasteiger partial charge is 0.342 e. The first-order valence-electron chi connectivity index (χ1n) is 7.56. The molecule has 1 aliphatic rings. The van der Waals surface area contributed by atoms with Crippen LogP contribution in [0, 0.1) is 5.92 Å². The van der Waals surface area contributed by atoms with Crippen molar-refractivity contribution >= 4 is 27.3 Å². The van der Waals surface area contributed by atoms with Gasteiger partial charge in [-0.2, -0.15) is 0 Å². The highest BCUT2D eigenvalue weighted by Crippen LogP contribution is 2.28. The van der Waals surface area contributed by atoms with E-state index in [0.29, 0.717) is 5.92 Å². The zero-order valence-electron chi connectivity index (χ0n) is 13.0. The summed E-state index contributed by atoms with van der Waals surface area (Å²) in [5.41, 5.74) is 0. The molecule has 1 aliphatic carbocycles. The molecule has 2 rings (SSSR count). The van der Waals surface area contributed by atoms with E-state index in [-0.39, 0.29) is 21.9 Å². The number of sulfone groups is 1. The summed E-state index contributed by atoms with van der Waals surface area (Å²) in [4.78, 5) is 14.0. The van der Waals surface area contributed by atoms with Gasteiger partial charge in [-0.15, -0.1) is 0 Å². The second kappa shape index (κ2) is 7.01. The van der Waals surface area contributed by atoms with Crippen molar-refractivity contribution in [3.8, 4) is 0 Å². The monoisotopic (exact) mass is 343 g/mol. The van der Waals surface area contributed by atoms with E-state index in [9.17, 15) is 13.2 Å². The topological polar surface area (TPSA) is 54.5 Å². The van der Waals surface area contributed by atoms with Crippen molar-refractivity contribution in [2.45, 2.75) is 43.5 Å². The van der Waals surface area contributed by atoms with Crippen LogP contribution in [-0.2, 0) is 14.6 Å². The minimum absolute atomic E-state index is 0.0232. The van der Waals surface area contributed by atoms with E-state index in [1.165, 1.54) is 18.6 Å². The van der Waals surface area contributed by atoms with Gasteiger partial charge in [0.15, 0.2) is 9.84 Å². The van der Waals surface area contributed by atoms with Gasteiger partial charge in [-0.05, 0) is 30.9 Å². The number of carbonyl (C=O) groups is 1. The maximum atomic E-state index is 12.4. The van der Waals surface area contributed by atoms with Gasteiger partial charge in [-0.3, -0.25) is 4.79 Å². The predicted octanol–water partition coefficient (Wildman–Crippen LogP) is 3.15. The lowest BCUT2D eigenvalue weighted by Crippen LogP contribution is -2.44. The maximum Gasteiger partial charge on any atom is 0.238 e. The molecule has 6 heteroatoms. The van der Waals surface area contributed by atoms with Gasteiger partial charge < -0.3 is 4.90 Å². The molecule has 0 spiro atoms. The Morgan fingerprint density at radius 1 is 1.27 bits per heavy atom. The van der Waals surface area contributed by atoms with Crippen LogP contribution in [0.5, 0.6) is 0 Å². The number of nitrogens with zero attached hydrogens (tertiary/aromatic N) is 1. The number of benzene rings is 1. The Morgan fingerprint density at radius 3 is 2.55 bits per heavy atom. The SMILES string of the molecule is CC1CCCCC1N(C)C(=O)CS(=O)(=O)c1ccccc1Cl. The predicted molar refractivity (Wildman–Crippen MR) is 87.7 cm³/mol. The first-order valence-corrected chi connectivity index (χ1v) is 9.59. The molecule has 122 valence electrons. The fourth-order valence-electron chi connectivity index (χ4n) is 3.10. The van der Waals surface area contributed by atoms with Gasteiger partial charge in [0.2, 0.25) is 5.91 Å². The summed E-state index contributed by atoms with van der Waals surface area (Å²) >= 11 is 5.94. The molecule has 0 radical (unpaired) electrons. The van der Waals surface area contributed by atoms with Crippen molar-refractivity contribution in [2.75, 3.05) is 12.8 Å². The zero-order valence-corrected chi connectivity index (χ0v) is 14.5. The van der Waals surface area contributed by atoms with Crippen molar-refractivity contribution in [2.24, 2.45) is 5.92 Å². The van der Waals surface area contributed by atoms with Crippen LogP contribution in [0.4, 0.5) is 0 Å². The van der Waals surface area contributed by atoms with Gasteiger partial charge >= 0.3 is 0 Å². The van der Waals surface area contributed by atoms with Crippen molar-refractivity contribution < 1.29 is 13.2 Å². The van der Waals surface area contributed by atoms with Crippen LogP contribution in [0.15, 0.2) is 29.2 Å². The molecule has 0 heterocycles. The molecule has 2 atom stereocenters. The second-order valence-corrected chi connectivity index (χ2v) is 8.39. The van der Waals surface area contributed by atoms with E-state index in [1.807, 2.05) is 0 Å². The zero-order chi connectivity index (χ0) is 16.3. The number of carbonyl (C=O) groups excluding carboxylic acids is 1. The van der Waals surface area contributed by atoms with E-state index >= 15 is 0 Å². The van der Waals surface area contributed by atoms with E-state index in [2.05, 4.69) is 6.92 Å². The molecule has 1 aromatic rings. The summed E-state index contributed by atoms with van der Waals surface area (Å²) in [7, 11) is -2.01. The highest BCUT2D eigenvalue weighted by atomic mass is 35.5. The Hall–Kier alpha value is -1.07. The van der Waals surface area contributed by atoms with E-state index < -0.39 is 15.6 Å². The Kier molecular flexibility index (Phi) is 5.50. The number of amides is 1. The summed E-state index contributed by atoms with van der Waals surface area (Å²) < 4.78 is 24.8. The van der Waals surface area contributed by atoms with Crippen molar-refractivity contribution in [3.63, 3.8) is 0 Å². The summed E-state index contributed by atoms with van der Waals surface area (Å²) in [5, 5.41) is 0.156.